The van der Waals surface area contributed by atoms with Crippen molar-refractivity contribution >= 4 is 17.3 Å². The van der Waals surface area contributed by atoms with Gasteiger partial charge in [0.2, 0.25) is 5.89 Å². The minimum absolute atomic E-state index is 0.0860. The maximum absolute atomic E-state index is 12.7. The summed E-state index contributed by atoms with van der Waals surface area (Å²) in [6, 6.07) is 13.7. The Morgan fingerprint density at radius 1 is 1.17 bits per heavy atom. The highest BCUT2D eigenvalue weighted by Gasteiger charge is 2.23. The van der Waals surface area contributed by atoms with Crippen LogP contribution < -0.4 is 4.90 Å². The Labute approximate surface area is 166 Å². The van der Waals surface area contributed by atoms with Crippen molar-refractivity contribution < 1.29 is 18.9 Å². The van der Waals surface area contributed by atoms with Crippen molar-refractivity contribution in [3.8, 4) is 11.5 Å². The first kappa shape index (κ1) is 18.7. The van der Waals surface area contributed by atoms with E-state index in [1.807, 2.05) is 35.2 Å². The number of ether oxygens (including phenoxy) is 1. The molecule has 0 bridgehead atoms. The van der Waals surface area contributed by atoms with Gasteiger partial charge in [-0.05, 0) is 31.0 Å². The van der Waals surface area contributed by atoms with Crippen LogP contribution in [0.3, 0.4) is 0 Å². The van der Waals surface area contributed by atoms with Crippen molar-refractivity contribution in [2.24, 2.45) is 0 Å². The summed E-state index contributed by atoms with van der Waals surface area (Å²) in [6.07, 6.45) is 3.48. The lowest BCUT2D eigenvalue weighted by atomic mass is 10.1. The number of nitro groups is 1. The van der Waals surface area contributed by atoms with Crippen molar-refractivity contribution in [1.29, 1.82) is 0 Å². The summed E-state index contributed by atoms with van der Waals surface area (Å²) >= 11 is 0. The third-order valence-corrected chi connectivity index (χ3v) is 4.78. The number of aromatic nitrogens is 1. The summed E-state index contributed by atoms with van der Waals surface area (Å²) in [4.78, 5) is 29.7. The molecule has 0 atom stereocenters. The van der Waals surface area contributed by atoms with Crippen LogP contribution in [0.25, 0.3) is 11.5 Å². The Kier molecular flexibility index (Phi) is 5.24. The van der Waals surface area contributed by atoms with E-state index >= 15 is 0 Å². The average molecular weight is 393 g/mol. The molecule has 1 fully saturated rings. The van der Waals surface area contributed by atoms with Gasteiger partial charge in [0.1, 0.15) is 18.6 Å². The van der Waals surface area contributed by atoms with Gasteiger partial charge in [-0.1, -0.05) is 18.2 Å². The lowest BCUT2D eigenvalue weighted by Gasteiger charge is -2.20. The molecule has 0 amide bonds. The van der Waals surface area contributed by atoms with Crippen LogP contribution in [0.2, 0.25) is 0 Å². The first-order chi connectivity index (χ1) is 14.1. The molecule has 4 rings (SSSR count). The van der Waals surface area contributed by atoms with E-state index in [1.54, 1.807) is 6.07 Å². The molecule has 2 aromatic carbocycles. The summed E-state index contributed by atoms with van der Waals surface area (Å²) in [5.41, 5.74) is 1.98. The van der Waals surface area contributed by atoms with E-state index in [-0.39, 0.29) is 17.9 Å². The summed E-state index contributed by atoms with van der Waals surface area (Å²) in [5.74, 6) is -0.190. The number of hydrogen-bond donors (Lipinski definition) is 0. The predicted molar refractivity (Wildman–Crippen MR) is 106 cm³/mol. The average Bonchev–Trinajstić information content (AvgIpc) is 3.44. The summed E-state index contributed by atoms with van der Waals surface area (Å²) in [7, 11) is 0. The number of non-ortho nitro benzene ring substituents is 1. The van der Waals surface area contributed by atoms with Gasteiger partial charge in [-0.25, -0.2) is 9.78 Å². The smallest absolute Gasteiger partial charge is 0.340 e. The van der Waals surface area contributed by atoms with Crippen LogP contribution in [0.5, 0.6) is 0 Å². The maximum Gasteiger partial charge on any atom is 0.340 e. The van der Waals surface area contributed by atoms with Gasteiger partial charge in [-0.15, -0.1) is 0 Å². The molecule has 29 heavy (non-hydrogen) atoms. The van der Waals surface area contributed by atoms with Crippen molar-refractivity contribution in [3.05, 3.63) is 76.2 Å². The molecule has 0 unspecified atom stereocenters. The van der Waals surface area contributed by atoms with Crippen molar-refractivity contribution in [1.82, 2.24) is 4.98 Å². The van der Waals surface area contributed by atoms with Gasteiger partial charge in [0.25, 0.3) is 5.69 Å². The van der Waals surface area contributed by atoms with E-state index in [0.29, 0.717) is 17.3 Å². The molecular weight excluding hydrogens is 374 g/mol. The monoisotopic (exact) mass is 393 g/mol. The zero-order chi connectivity index (χ0) is 20.2. The number of esters is 1. The van der Waals surface area contributed by atoms with Crippen LogP contribution in [-0.4, -0.2) is 29.0 Å². The third kappa shape index (κ3) is 4.11. The second-order valence-corrected chi connectivity index (χ2v) is 6.74. The fourth-order valence-electron chi connectivity index (χ4n) is 3.34. The van der Waals surface area contributed by atoms with E-state index in [2.05, 4.69) is 4.98 Å². The van der Waals surface area contributed by atoms with Gasteiger partial charge in [0.05, 0.1) is 16.2 Å². The number of carbonyl (C=O) groups is 1. The van der Waals surface area contributed by atoms with Gasteiger partial charge in [-0.2, -0.15) is 0 Å². The Morgan fingerprint density at radius 2 is 1.93 bits per heavy atom. The quantitative estimate of drug-likeness (QED) is 0.351. The standard InChI is InChI=1S/C21H19N3O5/c25-21(29-14-16-13-28-20(22-16)15-6-2-1-3-7-15)18-12-17(24(26)27)8-9-19(18)23-10-4-5-11-23/h1-3,6-9,12-13H,4-5,10-11,14H2. The molecule has 0 spiro atoms. The van der Waals surface area contributed by atoms with Crippen molar-refractivity contribution in [2.45, 2.75) is 19.4 Å². The molecule has 148 valence electrons. The van der Waals surface area contributed by atoms with Gasteiger partial charge in [0, 0.05) is 30.8 Å². The highest BCUT2D eigenvalue weighted by atomic mass is 16.6. The molecule has 8 heteroatoms. The van der Waals surface area contributed by atoms with Crippen molar-refractivity contribution in [3.63, 3.8) is 0 Å². The lowest BCUT2D eigenvalue weighted by molar-refractivity contribution is -0.384. The first-order valence-corrected chi connectivity index (χ1v) is 9.32. The van der Waals surface area contributed by atoms with Gasteiger partial charge < -0.3 is 14.1 Å². The second-order valence-electron chi connectivity index (χ2n) is 6.74. The molecule has 0 saturated carbocycles. The Hall–Kier alpha value is -3.68. The van der Waals surface area contributed by atoms with Crippen LogP contribution in [0, 0.1) is 10.1 Å². The lowest BCUT2D eigenvalue weighted by Crippen LogP contribution is -2.21. The topological polar surface area (TPSA) is 98.7 Å². The number of nitrogens with zero attached hydrogens (tertiary/aromatic N) is 3. The van der Waals surface area contributed by atoms with Crippen LogP contribution in [0.15, 0.2) is 59.2 Å². The highest BCUT2D eigenvalue weighted by molar-refractivity contribution is 5.96. The number of benzene rings is 2. The summed E-state index contributed by atoms with van der Waals surface area (Å²) in [6.45, 7) is 1.53. The minimum atomic E-state index is -0.625. The number of nitro benzene ring substituents is 1. The van der Waals surface area contributed by atoms with Gasteiger partial charge in [-0.3, -0.25) is 10.1 Å². The molecule has 8 nitrogen and oxygen atoms in total. The summed E-state index contributed by atoms with van der Waals surface area (Å²) in [5, 5.41) is 11.1. The zero-order valence-electron chi connectivity index (χ0n) is 15.6. The van der Waals surface area contributed by atoms with Crippen LogP contribution >= 0.6 is 0 Å². The number of carbonyl (C=O) groups excluding carboxylic acids is 1. The molecule has 2 heterocycles. The normalized spacial score (nSPS) is 13.4. The predicted octanol–water partition coefficient (Wildman–Crippen LogP) is 4.21. The van der Waals surface area contributed by atoms with E-state index in [1.165, 1.54) is 18.4 Å². The molecule has 1 aliphatic rings. The van der Waals surface area contributed by atoms with Crippen LogP contribution in [0.1, 0.15) is 28.9 Å². The Bertz CT molecular complexity index is 1030. The fraction of sp³-hybridized carbons (Fsp3) is 0.238. The van der Waals surface area contributed by atoms with Crippen LogP contribution in [-0.2, 0) is 11.3 Å². The summed E-state index contributed by atoms with van der Waals surface area (Å²) < 4.78 is 10.8. The third-order valence-electron chi connectivity index (χ3n) is 4.78. The Balaban J connectivity index is 1.51. The number of oxazole rings is 1. The van der Waals surface area contributed by atoms with Crippen molar-refractivity contribution in [2.75, 3.05) is 18.0 Å². The number of rotatable bonds is 6. The zero-order valence-corrected chi connectivity index (χ0v) is 15.6. The largest absolute Gasteiger partial charge is 0.455 e. The molecule has 3 aromatic rings. The van der Waals surface area contributed by atoms with E-state index in [9.17, 15) is 14.9 Å². The van der Waals surface area contributed by atoms with E-state index in [0.717, 1.165) is 31.5 Å². The first-order valence-electron chi connectivity index (χ1n) is 9.32. The van der Waals surface area contributed by atoms with Gasteiger partial charge >= 0.3 is 5.97 Å². The van der Waals surface area contributed by atoms with E-state index in [4.69, 9.17) is 9.15 Å². The highest BCUT2D eigenvalue weighted by Crippen LogP contribution is 2.29. The molecule has 1 aliphatic heterocycles. The molecular formula is C21H19N3O5. The van der Waals surface area contributed by atoms with E-state index < -0.39 is 10.9 Å². The molecule has 0 radical (unpaired) electrons. The molecule has 1 saturated heterocycles. The van der Waals surface area contributed by atoms with Gasteiger partial charge in [0.15, 0.2) is 0 Å². The SMILES string of the molecule is O=C(OCc1coc(-c2ccccc2)n1)c1cc([N+](=O)[O-])ccc1N1CCCC1. The number of hydrogen-bond acceptors (Lipinski definition) is 7. The second kappa shape index (κ2) is 8.14. The Morgan fingerprint density at radius 3 is 2.66 bits per heavy atom. The molecule has 1 aromatic heterocycles. The molecule has 0 N–H and O–H groups in total. The van der Waals surface area contributed by atoms with Crippen LogP contribution in [0.4, 0.5) is 11.4 Å². The number of anilines is 1. The molecule has 0 aliphatic carbocycles. The fourth-order valence-corrected chi connectivity index (χ4v) is 3.34. The minimum Gasteiger partial charge on any atom is -0.455 e. The maximum atomic E-state index is 12.7.